The zero-order chi connectivity index (χ0) is 17.5. The Bertz CT molecular complexity index is 372. The minimum Gasteiger partial charge on any atom is -0.466 e. The van der Waals surface area contributed by atoms with Crippen LogP contribution >= 0.6 is 0 Å². The quantitative estimate of drug-likeness (QED) is 0.273. The summed E-state index contributed by atoms with van der Waals surface area (Å²) in [7, 11) is 2.73. The van der Waals surface area contributed by atoms with Gasteiger partial charge in [-0.1, -0.05) is 58.8 Å². The summed E-state index contributed by atoms with van der Waals surface area (Å²) in [4.78, 5) is 24.2. The molecule has 0 aromatic heterocycles. The SMILES string of the molecule is CCCCCCCC(C(=O)OC)=C(CCCCCC)C(=O)OC. The predicted molar refractivity (Wildman–Crippen MR) is 93.2 cm³/mol. The maximum Gasteiger partial charge on any atom is 0.334 e. The third-order valence-corrected chi connectivity index (χ3v) is 4.04. The average molecular weight is 326 g/mol. The zero-order valence-electron chi connectivity index (χ0n) is 15.4. The molecule has 23 heavy (non-hydrogen) atoms. The van der Waals surface area contributed by atoms with Crippen LogP contribution in [-0.2, 0) is 19.1 Å². The lowest BCUT2D eigenvalue weighted by atomic mass is 9.96. The second-order valence-electron chi connectivity index (χ2n) is 5.92. The molecule has 0 fully saturated rings. The molecule has 0 atom stereocenters. The fraction of sp³-hybridized carbons (Fsp3) is 0.789. The van der Waals surface area contributed by atoms with Gasteiger partial charge in [0.15, 0.2) is 0 Å². The highest BCUT2D eigenvalue weighted by Gasteiger charge is 2.21. The molecule has 0 bridgehead atoms. The van der Waals surface area contributed by atoms with Crippen LogP contribution in [0.2, 0.25) is 0 Å². The van der Waals surface area contributed by atoms with Crippen LogP contribution in [0.3, 0.4) is 0 Å². The monoisotopic (exact) mass is 326 g/mol. The Balaban J connectivity index is 4.94. The van der Waals surface area contributed by atoms with Crippen molar-refractivity contribution in [3.63, 3.8) is 0 Å². The summed E-state index contributed by atoms with van der Waals surface area (Å²) in [5.74, 6) is -0.785. The van der Waals surface area contributed by atoms with Gasteiger partial charge >= 0.3 is 11.9 Å². The number of esters is 2. The van der Waals surface area contributed by atoms with Gasteiger partial charge < -0.3 is 9.47 Å². The largest absolute Gasteiger partial charge is 0.466 e. The number of unbranched alkanes of at least 4 members (excludes halogenated alkanes) is 7. The molecule has 0 aliphatic carbocycles. The van der Waals surface area contributed by atoms with E-state index in [-0.39, 0.29) is 0 Å². The molecule has 0 aromatic rings. The number of rotatable bonds is 13. The Morgan fingerprint density at radius 3 is 1.30 bits per heavy atom. The van der Waals surface area contributed by atoms with E-state index in [1.165, 1.54) is 27.1 Å². The van der Waals surface area contributed by atoms with Gasteiger partial charge in [-0.05, 0) is 25.7 Å². The van der Waals surface area contributed by atoms with Gasteiger partial charge in [0.1, 0.15) is 0 Å². The molecule has 0 aliphatic rings. The zero-order valence-corrected chi connectivity index (χ0v) is 15.4. The molecule has 0 radical (unpaired) electrons. The second-order valence-corrected chi connectivity index (χ2v) is 5.92. The summed E-state index contributed by atoms with van der Waals surface area (Å²) in [5.41, 5.74) is 1.01. The van der Waals surface area contributed by atoms with E-state index >= 15 is 0 Å². The lowest BCUT2D eigenvalue weighted by molar-refractivity contribution is -0.139. The Hall–Kier alpha value is -1.32. The number of carbonyl (C=O) groups is 2. The van der Waals surface area contributed by atoms with Gasteiger partial charge in [-0.15, -0.1) is 0 Å². The molecule has 0 saturated carbocycles. The van der Waals surface area contributed by atoms with E-state index in [9.17, 15) is 9.59 Å². The molecule has 0 aliphatic heterocycles. The standard InChI is InChI=1S/C19H34O4/c1-5-7-9-11-13-15-17(19(21)23-4)16(18(20)22-3)14-12-10-8-6-2/h5-15H2,1-4H3. The van der Waals surface area contributed by atoms with Crippen LogP contribution in [0.1, 0.15) is 84.5 Å². The van der Waals surface area contributed by atoms with Crippen LogP contribution < -0.4 is 0 Å². The summed E-state index contributed by atoms with van der Waals surface area (Å²) in [6.07, 6.45) is 10.9. The van der Waals surface area contributed by atoms with Gasteiger partial charge in [0, 0.05) is 11.1 Å². The van der Waals surface area contributed by atoms with Crippen LogP contribution in [0, 0.1) is 0 Å². The first-order chi connectivity index (χ1) is 11.1. The Morgan fingerprint density at radius 2 is 0.957 bits per heavy atom. The van der Waals surface area contributed by atoms with Crippen LogP contribution in [0.15, 0.2) is 11.1 Å². The summed E-state index contributed by atoms with van der Waals surface area (Å²) in [5, 5.41) is 0. The molecule has 0 N–H and O–H groups in total. The topological polar surface area (TPSA) is 52.6 Å². The Kier molecular flexibility index (Phi) is 13.5. The van der Waals surface area contributed by atoms with Gasteiger partial charge in [-0.2, -0.15) is 0 Å². The molecule has 4 nitrogen and oxygen atoms in total. The maximum atomic E-state index is 12.1. The molecule has 0 saturated heterocycles. The average Bonchev–Trinajstić information content (AvgIpc) is 2.58. The smallest absolute Gasteiger partial charge is 0.334 e. The minimum atomic E-state index is -0.393. The van der Waals surface area contributed by atoms with E-state index in [4.69, 9.17) is 9.47 Å². The lowest BCUT2D eigenvalue weighted by Gasteiger charge is -2.12. The van der Waals surface area contributed by atoms with Crippen LogP contribution in [0.25, 0.3) is 0 Å². The molecule has 134 valence electrons. The van der Waals surface area contributed by atoms with Crippen LogP contribution in [-0.4, -0.2) is 26.2 Å². The van der Waals surface area contributed by atoms with Crippen molar-refractivity contribution in [2.75, 3.05) is 14.2 Å². The highest BCUT2D eigenvalue weighted by Crippen LogP contribution is 2.22. The summed E-state index contributed by atoms with van der Waals surface area (Å²) in [6.45, 7) is 4.32. The van der Waals surface area contributed by atoms with Crippen molar-refractivity contribution >= 4 is 11.9 Å². The second kappa shape index (κ2) is 14.3. The third kappa shape index (κ3) is 9.42. The normalized spacial score (nSPS) is 11.8. The van der Waals surface area contributed by atoms with Crippen molar-refractivity contribution in [2.24, 2.45) is 0 Å². The number of methoxy groups -OCH3 is 2. The molecular weight excluding hydrogens is 292 g/mol. The van der Waals surface area contributed by atoms with E-state index in [0.717, 1.165) is 44.9 Å². The van der Waals surface area contributed by atoms with Gasteiger partial charge in [0.2, 0.25) is 0 Å². The number of carbonyl (C=O) groups excluding carboxylic acids is 2. The molecule has 0 spiro atoms. The Morgan fingerprint density at radius 1 is 0.609 bits per heavy atom. The molecule has 0 rings (SSSR count). The van der Waals surface area contributed by atoms with Crippen molar-refractivity contribution in [2.45, 2.75) is 84.5 Å². The molecule has 0 unspecified atom stereocenters. The van der Waals surface area contributed by atoms with E-state index < -0.39 is 11.9 Å². The summed E-state index contributed by atoms with van der Waals surface area (Å²) in [6, 6.07) is 0. The summed E-state index contributed by atoms with van der Waals surface area (Å²) < 4.78 is 9.77. The molecule has 0 aromatic carbocycles. The Labute approximate surface area is 141 Å². The van der Waals surface area contributed by atoms with Crippen molar-refractivity contribution in [1.82, 2.24) is 0 Å². The molecule has 0 heterocycles. The van der Waals surface area contributed by atoms with Gasteiger partial charge in [-0.25, -0.2) is 9.59 Å². The highest BCUT2D eigenvalue weighted by atomic mass is 16.5. The summed E-state index contributed by atoms with van der Waals surface area (Å²) >= 11 is 0. The first-order valence-electron chi connectivity index (χ1n) is 9.00. The number of hydrogen-bond acceptors (Lipinski definition) is 4. The molecule has 0 amide bonds. The predicted octanol–water partition coefficient (Wildman–Crippen LogP) is 4.96. The van der Waals surface area contributed by atoms with Crippen molar-refractivity contribution < 1.29 is 19.1 Å². The number of ether oxygens (including phenoxy) is 2. The first kappa shape index (κ1) is 21.7. The van der Waals surface area contributed by atoms with Crippen LogP contribution in [0.4, 0.5) is 0 Å². The molecule has 4 heteroatoms. The first-order valence-corrected chi connectivity index (χ1v) is 9.00. The van der Waals surface area contributed by atoms with E-state index in [0.29, 0.717) is 24.0 Å². The maximum absolute atomic E-state index is 12.1. The third-order valence-electron chi connectivity index (χ3n) is 4.04. The fourth-order valence-corrected chi connectivity index (χ4v) is 2.63. The lowest BCUT2D eigenvalue weighted by Crippen LogP contribution is -2.15. The van der Waals surface area contributed by atoms with Gasteiger partial charge in [0.25, 0.3) is 0 Å². The number of hydrogen-bond donors (Lipinski definition) is 0. The molecular formula is C19H34O4. The fourth-order valence-electron chi connectivity index (χ4n) is 2.63. The van der Waals surface area contributed by atoms with Gasteiger partial charge in [0.05, 0.1) is 14.2 Å². The van der Waals surface area contributed by atoms with Crippen molar-refractivity contribution in [1.29, 1.82) is 0 Å². The van der Waals surface area contributed by atoms with E-state index in [2.05, 4.69) is 13.8 Å². The van der Waals surface area contributed by atoms with E-state index in [1.54, 1.807) is 0 Å². The van der Waals surface area contributed by atoms with Crippen molar-refractivity contribution in [3.05, 3.63) is 11.1 Å². The van der Waals surface area contributed by atoms with Crippen molar-refractivity contribution in [3.8, 4) is 0 Å². The van der Waals surface area contributed by atoms with Gasteiger partial charge in [-0.3, -0.25) is 0 Å². The van der Waals surface area contributed by atoms with E-state index in [1.807, 2.05) is 0 Å². The minimum absolute atomic E-state index is 0.392. The van der Waals surface area contributed by atoms with Crippen LogP contribution in [0.5, 0.6) is 0 Å². The highest BCUT2D eigenvalue weighted by molar-refractivity contribution is 6.00.